The summed E-state index contributed by atoms with van der Waals surface area (Å²) in [4.78, 5) is 26.2. The van der Waals surface area contributed by atoms with Gasteiger partial charge >= 0.3 is 5.97 Å². The van der Waals surface area contributed by atoms with Crippen molar-refractivity contribution in [1.82, 2.24) is 4.90 Å². The maximum absolute atomic E-state index is 12.9. The molecule has 134 valence electrons. The number of hydrogen-bond acceptors (Lipinski definition) is 3. The normalized spacial score (nSPS) is 21.6. The van der Waals surface area contributed by atoms with Crippen LogP contribution in [0, 0.1) is 0 Å². The number of aliphatic carboxylic acids is 1. The highest BCUT2D eigenvalue weighted by molar-refractivity contribution is 5.82. The van der Waals surface area contributed by atoms with Crippen LogP contribution >= 0.6 is 0 Å². The van der Waals surface area contributed by atoms with Crippen molar-refractivity contribution < 1.29 is 19.4 Å². The zero-order valence-electron chi connectivity index (χ0n) is 14.4. The van der Waals surface area contributed by atoms with Gasteiger partial charge in [0.15, 0.2) is 0 Å². The van der Waals surface area contributed by atoms with E-state index in [1.165, 1.54) is 5.56 Å². The van der Waals surface area contributed by atoms with Crippen LogP contribution in [0.3, 0.4) is 0 Å². The number of fused-ring (bicyclic) bond motifs is 2. The second kappa shape index (κ2) is 6.92. The van der Waals surface area contributed by atoms with Gasteiger partial charge in [0.05, 0.1) is 25.0 Å². The first-order valence-electron chi connectivity index (χ1n) is 8.91. The zero-order chi connectivity index (χ0) is 18.1. The Hall–Kier alpha value is -2.66. The topological polar surface area (TPSA) is 66.8 Å². The monoisotopic (exact) mass is 351 g/mol. The highest BCUT2D eigenvalue weighted by Gasteiger charge is 2.34. The van der Waals surface area contributed by atoms with E-state index < -0.39 is 11.9 Å². The fourth-order valence-corrected chi connectivity index (χ4v) is 3.94. The summed E-state index contributed by atoms with van der Waals surface area (Å²) in [6.45, 7) is 1.27. The van der Waals surface area contributed by atoms with Crippen LogP contribution in [-0.4, -0.2) is 35.0 Å². The summed E-state index contributed by atoms with van der Waals surface area (Å²) in [5.74, 6) is -1.63. The van der Waals surface area contributed by atoms with Gasteiger partial charge in [0.2, 0.25) is 5.91 Å². The van der Waals surface area contributed by atoms with E-state index in [9.17, 15) is 14.7 Å². The Bertz CT molecular complexity index is 847. The van der Waals surface area contributed by atoms with E-state index in [2.05, 4.69) is 6.07 Å². The lowest BCUT2D eigenvalue weighted by Crippen LogP contribution is -2.41. The van der Waals surface area contributed by atoms with Crippen LogP contribution in [0.2, 0.25) is 0 Å². The van der Waals surface area contributed by atoms with Gasteiger partial charge < -0.3 is 14.7 Å². The van der Waals surface area contributed by atoms with Crippen molar-refractivity contribution in [3.63, 3.8) is 0 Å². The van der Waals surface area contributed by atoms with Gasteiger partial charge in [0, 0.05) is 13.1 Å². The smallest absolute Gasteiger partial charge is 0.312 e. The van der Waals surface area contributed by atoms with Crippen molar-refractivity contribution in [1.29, 1.82) is 0 Å². The van der Waals surface area contributed by atoms with Crippen molar-refractivity contribution in [2.45, 2.75) is 31.4 Å². The number of amides is 1. The first kappa shape index (κ1) is 16.8. The number of carboxylic acid groups (broad SMARTS) is 1. The molecule has 0 bridgehead atoms. The summed E-state index contributed by atoms with van der Waals surface area (Å²) < 4.78 is 5.85. The lowest BCUT2D eigenvalue weighted by atomic mass is 9.89. The quantitative estimate of drug-likeness (QED) is 0.923. The maximum atomic E-state index is 12.9. The van der Waals surface area contributed by atoms with E-state index in [4.69, 9.17) is 4.74 Å². The first-order valence-corrected chi connectivity index (χ1v) is 8.91. The molecule has 2 aromatic rings. The molecule has 2 unspecified atom stereocenters. The average Bonchev–Trinajstić information content (AvgIpc) is 2.67. The number of benzene rings is 2. The van der Waals surface area contributed by atoms with Crippen molar-refractivity contribution in [3.8, 4) is 0 Å². The molecular weight excluding hydrogens is 330 g/mol. The highest BCUT2D eigenvalue weighted by atomic mass is 16.5. The van der Waals surface area contributed by atoms with E-state index >= 15 is 0 Å². The average molecular weight is 351 g/mol. The molecular formula is C21H21NO4. The molecule has 2 heterocycles. The Labute approximate surface area is 152 Å². The molecule has 1 N–H and O–H groups in total. The molecule has 0 fully saturated rings. The van der Waals surface area contributed by atoms with Crippen molar-refractivity contribution in [3.05, 3.63) is 70.8 Å². The molecule has 2 aliphatic heterocycles. The van der Waals surface area contributed by atoms with Gasteiger partial charge in [-0.3, -0.25) is 9.59 Å². The Balaban J connectivity index is 1.54. The van der Waals surface area contributed by atoms with E-state index in [1.54, 1.807) is 4.90 Å². The van der Waals surface area contributed by atoms with Crippen LogP contribution in [0.15, 0.2) is 48.5 Å². The SMILES string of the molecule is O=C(O)C1CN(C(=O)CC2OCCc3ccccc32)Cc2ccccc21. The van der Waals surface area contributed by atoms with Gasteiger partial charge in [0.1, 0.15) is 0 Å². The number of hydrogen-bond donors (Lipinski definition) is 1. The third-order valence-electron chi connectivity index (χ3n) is 5.30. The molecule has 0 spiro atoms. The van der Waals surface area contributed by atoms with Gasteiger partial charge in [-0.15, -0.1) is 0 Å². The molecule has 5 heteroatoms. The molecule has 5 nitrogen and oxygen atoms in total. The van der Waals surface area contributed by atoms with Crippen LogP contribution in [0.1, 0.15) is 40.7 Å². The van der Waals surface area contributed by atoms with Gasteiger partial charge in [-0.1, -0.05) is 48.5 Å². The Morgan fingerprint density at radius 2 is 1.73 bits per heavy atom. The Morgan fingerprint density at radius 1 is 1.04 bits per heavy atom. The highest BCUT2D eigenvalue weighted by Crippen LogP contribution is 2.33. The standard InChI is InChI=1S/C21H21NO4/c23-20(11-19-17-8-4-1-5-14(17)9-10-26-19)22-12-15-6-2-3-7-16(15)18(13-22)21(24)25/h1-8,18-19H,9-13H2,(H,24,25). The molecule has 0 aromatic heterocycles. The third-order valence-corrected chi connectivity index (χ3v) is 5.30. The van der Waals surface area contributed by atoms with Gasteiger partial charge in [-0.2, -0.15) is 0 Å². The van der Waals surface area contributed by atoms with Crippen LogP contribution in [0.4, 0.5) is 0 Å². The van der Waals surface area contributed by atoms with E-state index in [-0.39, 0.29) is 25.0 Å². The lowest BCUT2D eigenvalue weighted by Gasteiger charge is -2.34. The second-order valence-corrected chi connectivity index (χ2v) is 6.88. The number of carbonyl (C=O) groups is 2. The molecule has 1 amide bonds. The summed E-state index contributed by atoms with van der Waals surface area (Å²) >= 11 is 0. The van der Waals surface area contributed by atoms with Crippen molar-refractivity contribution >= 4 is 11.9 Å². The van der Waals surface area contributed by atoms with Gasteiger partial charge in [-0.05, 0) is 28.7 Å². The summed E-state index contributed by atoms with van der Waals surface area (Å²) in [6, 6.07) is 15.5. The van der Waals surface area contributed by atoms with Crippen LogP contribution in [0.25, 0.3) is 0 Å². The molecule has 0 saturated carbocycles. The third kappa shape index (κ3) is 3.10. The largest absolute Gasteiger partial charge is 0.481 e. The number of carbonyl (C=O) groups excluding carboxylic acids is 1. The van der Waals surface area contributed by atoms with E-state index in [0.717, 1.165) is 23.1 Å². The number of carboxylic acids is 1. The van der Waals surface area contributed by atoms with Crippen molar-refractivity contribution in [2.24, 2.45) is 0 Å². The molecule has 26 heavy (non-hydrogen) atoms. The van der Waals surface area contributed by atoms with E-state index in [0.29, 0.717) is 13.2 Å². The maximum Gasteiger partial charge on any atom is 0.312 e. The zero-order valence-corrected chi connectivity index (χ0v) is 14.4. The minimum atomic E-state index is -0.894. The Kier molecular flexibility index (Phi) is 4.47. The van der Waals surface area contributed by atoms with Crippen LogP contribution in [-0.2, 0) is 27.3 Å². The molecule has 0 aliphatic carbocycles. The van der Waals surface area contributed by atoms with Crippen LogP contribution in [0.5, 0.6) is 0 Å². The fraction of sp³-hybridized carbons (Fsp3) is 0.333. The summed E-state index contributed by atoms with van der Waals surface area (Å²) in [6.07, 6.45) is 0.845. The summed E-state index contributed by atoms with van der Waals surface area (Å²) in [7, 11) is 0. The molecule has 2 atom stereocenters. The number of nitrogens with zero attached hydrogens (tertiary/aromatic N) is 1. The number of ether oxygens (including phenoxy) is 1. The number of rotatable bonds is 3. The van der Waals surface area contributed by atoms with Gasteiger partial charge in [-0.25, -0.2) is 0 Å². The molecule has 2 aliphatic rings. The fourth-order valence-electron chi connectivity index (χ4n) is 3.94. The minimum Gasteiger partial charge on any atom is -0.481 e. The molecule has 2 aromatic carbocycles. The van der Waals surface area contributed by atoms with Crippen molar-refractivity contribution in [2.75, 3.05) is 13.2 Å². The van der Waals surface area contributed by atoms with Crippen LogP contribution < -0.4 is 0 Å². The molecule has 0 saturated heterocycles. The minimum absolute atomic E-state index is 0.0625. The first-order chi connectivity index (χ1) is 12.6. The molecule has 0 radical (unpaired) electrons. The van der Waals surface area contributed by atoms with Gasteiger partial charge in [0.25, 0.3) is 0 Å². The van der Waals surface area contributed by atoms with E-state index in [1.807, 2.05) is 42.5 Å². The molecule has 4 rings (SSSR count). The summed E-state index contributed by atoms with van der Waals surface area (Å²) in [5, 5.41) is 9.57. The Morgan fingerprint density at radius 3 is 2.50 bits per heavy atom. The predicted molar refractivity (Wildman–Crippen MR) is 95.7 cm³/mol. The summed E-state index contributed by atoms with van der Waals surface area (Å²) in [5.41, 5.74) is 4.01. The lowest BCUT2D eigenvalue weighted by molar-refractivity contribution is -0.142. The predicted octanol–water partition coefficient (Wildman–Crippen LogP) is 2.90. The second-order valence-electron chi connectivity index (χ2n) is 6.88.